The van der Waals surface area contributed by atoms with Gasteiger partial charge in [0.05, 0.1) is 18.4 Å². The van der Waals surface area contributed by atoms with Crippen LogP contribution in [0.2, 0.25) is 0 Å². The largest absolute Gasteiger partial charge is 0.493 e. The van der Waals surface area contributed by atoms with Gasteiger partial charge in [0.2, 0.25) is 5.43 Å². The third kappa shape index (κ3) is 1.40. The number of aromatic nitrogens is 1. The summed E-state index contributed by atoms with van der Waals surface area (Å²) in [4.78, 5) is 12.2. The summed E-state index contributed by atoms with van der Waals surface area (Å²) in [5, 5.41) is 1.05. The van der Waals surface area contributed by atoms with Crippen LogP contribution in [0, 0.1) is 0 Å². The standard InChI is InChI=1S/C15H13NO2/c1-16-12-6-4-3-5-10(12)9-11-13(16)7-8-14(18-2)15(11)17/h3-9H,1-2H3. The van der Waals surface area contributed by atoms with Crippen molar-refractivity contribution in [2.45, 2.75) is 0 Å². The first-order valence-electron chi connectivity index (χ1n) is 5.78. The minimum absolute atomic E-state index is 0.0589. The van der Waals surface area contributed by atoms with Gasteiger partial charge in [0.25, 0.3) is 0 Å². The second kappa shape index (κ2) is 3.88. The van der Waals surface area contributed by atoms with E-state index in [2.05, 4.69) is 0 Å². The number of benzene rings is 2. The lowest BCUT2D eigenvalue weighted by atomic mass is 10.0. The van der Waals surface area contributed by atoms with E-state index in [0.29, 0.717) is 11.3 Å². The van der Waals surface area contributed by atoms with Crippen LogP contribution in [-0.2, 0) is 7.05 Å². The second-order valence-electron chi connectivity index (χ2n) is 4.29. The number of aryl methyl sites for hydroxylation is 1. The van der Waals surface area contributed by atoms with E-state index < -0.39 is 0 Å². The van der Waals surface area contributed by atoms with E-state index in [4.69, 9.17) is 4.74 Å². The Labute approximate surface area is 105 Å². The number of rotatable bonds is 1. The van der Waals surface area contributed by atoms with Crippen LogP contribution >= 0.6 is 0 Å². The predicted octanol–water partition coefficient (Wildman–Crippen LogP) is 2.65. The van der Waals surface area contributed by atoms with Crippen LogP contribution in [-0.4, -0.2) is 11.7 Å². The Morgan fingerprint density at radius 2 is 1.89 bits per heavy atom. The second-order valence-corrected chi connectivity index (χ2v) is 4.29. The molecule has 1 aliphatic carbocycles. The van der Waals surface area contributed by atoms with Gasteiger partial charge in [-0.15, -0.1) is 0 Å². The fraction of sp³-hybridized carbons (Fsp3) is 0.133. The molecule has 0 amide bonds. The quantitative estimate of drug-likeness (QED) is 0.611. The molecule has 1 aromatic rings. The zero-order valence-corrected chi connectivity index (χ0v) is 10.3. The molecule has 0 saturated heterocycles. The van der Waals surface area contributed by atoms with Crippen LogP contribution < -0.4 is 10.2 Å². The number of hydrogen-bond acceptors (Lipinski definition) is 2. The van der Waals surface area contributed by atoms with Crippen LogP contribution in [0.25, 0.3) is 22.2 Å². The van der Waals surface area contributed by atoms with Gasteiger partial charge in [-0.3, -0.25) is 4.79 Å². The van der Waals surface area contributed by atoms with E-state index in [1.807, 2.05) is 48.0 Å². The summed E-state index contributed by atoms with van der Waals surface area (Å²) < 4.78 is 7.12. The predicted molar refractivity (Wildman–Crippen MR) is 72.4 cm³/mol. The lowest BCUT2D eigenvalue weighted by molar-refractivity contribution is 0.411. The minimum atomic E-state index is -0.0589. The number of pyridine rings is 1. The molecule has 1 aliphatic heterocycles. The Balaban J connectivity index is 2.52. The summed E-state index contributed by atoms with van der Waals surface area (Å²) in [5.41, 5.74) is 2.65. The van der Waals surface area contributed by atoms with Crippen LogP contribution in [0.4, 0.5) is 0 Å². The third-order valence-corrected chi connectivity index (χ3v) is 3.32. The summed E-state index contributed by atoms with van der Waals surface area (Å²) >= 11 is 0. The first kappa shape index (κ1) is 10.8. The van der Waals surface area contributed by atoms with E-state index in [1.165, 1.54) is 7.11 Å². The normalized spacial score (nSPS) is 11.0. The lowest BCUT2D eigenvalue weighted by Crippen LogP contribution is -2.12. The Morgan fingerprint density at radius 1 is 1.11 bits per heavy atom. The third-order valence-electron chi connectivity index (χ3n) is 3.32. The van der Waals surface area contributed by atoms with Gasteiger partial charge in [0, 0.05) is 12.6 Å². The molecule has 2 aliphatic rings. The number of hydrogen-bond donors (Lipinski definition) is 0. The lowest BCUT2D eigenvalue weighted by Gasteiger charge is -2.15. The van der Waals surface area contributed by atoms with E-state index in [-0.39, 0.29) is 5.43 Å². The molecule has 3 nitrogen and oxygen atoms in total. The van der Waals surface area contributed by atoms with Gasteiger partial charge in [-0.05, 0) is 29.7 Å². The topological polar surface area (TPSA) is 31.2 Å². The molecular weight excluding hydrogens is 226 g/mol. The van der Waals surface area contributed by atoms with Gasteiger partial charge >= 0.3 is 0 Å². The summed E-state index contributed by atoms with van der Waals surface area (Å²) in [6, 6.07) is 13.6. The molecule has 0 aromatic heterocycles. The van der Waals surface area contributed by atoms with E-state index in [0.717, 1.165) is 16.6 Å². The van der Waals surface area contributed by atoms with Crippen molar-refractivity contribution in [1.29, 1.82) is 0 Å². The fourth-order valence-corrected chi connectivity index (χ4v) is 2.36. The molecule has 1 heterocycles. The van der Waals surface area contributed by atoms with Crippen molar-refractivity contribution in [3.8, 4) is 17.0 Å². The molecule has 0 bridgehead atoms. The van der Waals surface area contributed by atoms with E-state index in [1.54, 1.807) is 6.07 Å². The van der Waals surface area contributed by atoms with Gasteiger partial charge in [-0.1, -0.05) is 18.2 Å². The highest BCUT2D eigenvalue weighted by Crippen LogP contribution is 2.26. The van der Waals surface area contributed by atoms with Gasteiger partial charge in [0.15, 0.2) is 5.75 Å². The number of nitrogens with zero attached hydrogens (tertiary/aromatic N) is 1. The molecule has 0 fully saturated rings. The monoisotopic (exact) mass is 239 g/mol. The van der Waals surface area contributed by atoms with Crippen LogP contribution in [0.3, 0.4) is 0 Å². The van der Waals surface area contributed by atoms with Gasteiger partial charge in [-0.2, -0.15) is 0 Å². The van der Waals surface area contributed by atoms with Crippen molar-refractivity contribution in [1.82, 2.24) is 4.57 Å². The summed E-state index contributed by atoms with van der Waals surface area (Å²) in [5.74, 6) is 0.387. The first-order chi connectivity index (χ1) is 8.72. The Hall–Kier alpha value is -2.29. The molecule has 0 atom stereocenters. The molecule has 0 radical (unpaired) electrons. The molecule has 3 heteroatoms. The molecule has 1 aromatic carbocycles. The van der Waals surface area contributed by atoms with Crippen molar-refractivity contribution in [2.24, 2.45) is 7.05 Å². The van der Waals surface area contributed by atoms with Gasteiger partial charge < -0.3 is 9.30 Å². The number of para-hydroxylation sites is 1. The highest BCUT2D eigenvalue weighted by atomic mass is 16.5. The van der Waals surface area contributed by atoms with Crippen molar-refractivity contribution >= 4 is 10.9 Å². The number of fused-ring (bicyclic) bond motifs is 2. The maximum absolute atomic E-state index is 12.2. The maximum atomic E-state index is 12.2. The SMILES string of the molecule is COc1ccc2n(C)c3ccccc3cc-2c1=O. The van der Waals surface area contributed by atoms with Crippen LogP contribution in [0.15, 0.2) is 47.3 Å². The average Bonchev–Trinajstić information content (AvgIpc) is 2.40. The van der Waals surface area contributed by atoms with E-state index in [9.17, 15) is 4.79 Å². The van der Waals surface area contributed by atoms with Crippen molar-refractivity contribution < 1.29 is 4.74 Å². The molecule has 0 saturated carbocycles. The number of ether oxygens (including phenoxy) is 1. The molecule has 0 N–H and O–H groups in total. The maximum Gasteiger partial charge on any atom is 0.229 e. The summed E-state index contributed by atoms with van der Waals surface area (Å²) in [6.45, 7) is 0. The van der Waals surface area contributed by atoms with E-state index >= 15 is 0 Å². The zero-order chi connectivity index (χ0) is 12.7. The molecule has 0 unspecified atom stereocenters. The highest BCUT2D eigenvalue weighted by Gasteiger charge is 2.14. The molecule has 3 rings (SSSR count). The first-order valence-corrected chi connectivity index (χ1v) is 5.78. The van der Waals surface area contributed by atoms with Crippen LogP contribution in [0.5, 0.6) is 5.75 Å². The molecule has 0 spiro atoms. The Morgan fingerprint density at radius 3 is 2.67 bits per heavy atom. The van der Waals surface area contributed by atoms with Crippen molar-refractivity contribution in [2.75, 3.05) is 7.11 Å². The zero-order valence-electron chi connectivity index (χ0n) is 10.3. The smallest absolute Gasteiger partial charge is 0.229 e. The summed E-state index contributed by atoms with van der Waals surface area (Å²) in [6.07, 6.45) is 0. The Kier molecular flexibility index (Phi) is 2.33. The Bertz CT molecular complexity index is 758. The van der Waals surface area contributed by atoms with Crippen molar-refractivity contribution in [3.63, 3.8) is 0 Å². The van der Waals surface area contributed by atoms with Crippen LogP contribution in [0.1, 0.15) is 0 Å². The van der Waals surface area contributed by atoms with Gasteiger partial charge in [-0.25, -0.2) is 0 Å². The minimum Gasteiger partial charge on any atom is -0.493 e. The molecule has 90 valence electrons. The highest BCUT2D eigenvalue weighted by molar-refractivity contribution is 5.86. The van der Waals surface area contributed by atoms with Crippen molar-refractivity contribution in [3.05, 3.63) is 52.7 Å². The van der Waals surface area contributed by atoms with Gasteiger partial charge in [0.1, 0.15) is 0 Å². The number of methoxy groups -OCH3 is 1. The molecule has 18 heavy (non-hydrogen) atoms. The fourth-order valence-electron chi connectivity index (χ4n) is 2.36. The average molecular weight is 239 g/mol. The molecular formula is C15H13NO2. The summed E-state index contributed by atoms with van der Waals surface area (Å²) in [7, 11) is 3.49.